The number of likely N-dealkylation sites (tertiary alicyclic amines) is 1. The number of halogens is 2. The van der Waals surface area contributed by atoms with Crippen LogP contribution in [0.3, 0.4) is 0 Å². The van der Waals surface area contributed by atoms with E-state index in [-0.39, 0.29) is 30.2 Å². The molecular weight excluding hydrogens is 368 g/mol. The maximum Gasteiger partial charge on any atom is 0.321 e. The van der Waals surface area contributed by atoms with Crippen molar-refractivity contribution < 1.29 is 18.4 Å². The van der Waals surface area contributed by atoms with Gasteiger partial charge in [-0.1, -0.05) is 18.2 Å². The van der Waals surface area contributed by atoms with E-state index < -0.39 is 6.55 Å². The van der Waals surface area contributed by atoms with E-state index in [0.29, 0.717) is 31.6 Å². The third kappa shape index (κ3) is 4.65. The Labute approximate surface area is 161 Å². The minimum atomic E-state index is -2.70. The van der Waals surface area contributed by atoms with Crippen LogP contribution in [0.2, 0.25) is 0 Å². The van der Waals surface area contributed by atoms with Gasteiger partial charge in [-0.15, -0.1) is 0 Å². The van der Waals surface area contributed by atoms with Crippen LogP contribution < -0.4 is 5.32 Å². The Balaban J connectivity index is 1.59. The van der Waals surface area contributed by atoms with Gasteiger partial charge in [0.05, 0.1) is 12.5 Å². The lowest BCUT2D eigenvalue weighted by Gasteiger charge is -2.34. The van der Waals surface area contributed by atoms with Crippen LogP contribution in [-0.4, -0.2) is 51.4 Å². The topological polar surface area (TPSA) is 70.5 Å². The number of benzene rings is 1. The molecule has 1 aliphatic heterocycles. The summed E-state index contributed by atoms with van der Waals surface area (Å²) in [5.74, 6) is -0.420. The van der Waals surface area contributed by atoms with E-state index in [1.54, 1.807) is 24.1 Å². The second kappa shape index (κ2) is 8.81. The number of urea groups is 1. The molecule has 2 aromatic rings. The zero-order chi connectivity index (χ0) is 20.1. The van der Waals surface area contributed by atoms with Crippen molar-refractivity contribution in [3.05, 3.63) is 48.5 Å². The summed E-state index contributed by atoms with van der Waals surface area (Å²) in [4.78, 5) is 32.2. The van der Waals surface area contributed by atoms with Crippen LogP contribution in [0.1, 0.15) is 25.2 Å². The molecule has 0 bridgehead atoms. The Kier molecular flexibility index (Phi) is 6.23. The molecule has 28 heavy (non-hydrogen) atoms. The van der Waals surface area contributed by atoms with Crippen LogP contribution in [0.4, 0.5) is 19.3 Å². The number of para-hydroxylation sites is 1. The molecule has 1 saturated heterocycles. The number of carbonyl (C=O) groups excluding carboxylic acids is 2. The summed E-state index contributed by atoms with van der Waals surface area (Å²) < 4.78 is 26.6. The average molecular weight is 391 g/mol. The van der Waals surface area contributed by atoms with Crippen molar-refractivity contribution in [3.63, 3.8) is 0 Å². The van der Waals surface area contributed by atoms with E-state index >= 15 is 0 Å². The molecule has 1 aromatic heterocycles. The standard InChI is InChI=1S/C19H23F2N5O2/c1-24(13-16-22-9-11-26(16)18(20)21)17(27)14-6-5-10-25(12-14)19(28)23-15-7-3-2-4-8-15/h2-4,7-9,11,14,18H,5-6,10,12-13H2,1H3,(H,23,28). The number of imidazole rings is 1. The molecule has 0 radical (unpaired) electrons. The molecular formula is C19H23F2N5O2. The summed E-state index contributed by atoms with van der Waals surface area (Å²) in [5, 5.41) is 2.82. The Morgan fingerprint density at radius 1 is 1.32 bits per heavy atom. The van der Waals surface area contributed by atoms with Crippen LogP contribution in [0, 0.1) is 5.92 Å². The first-order valence-corrected chi connectivity index (χ1v) is 9.11. The summed E-state index contributed by atoms with van der Waals surface area (Å²) in [6.07, 6.45) is 3.84. The maximum absolute atomic E-state index is 13.0. The fraction of sp³-hybridized carbons (Fsp3) is 0.421. The largest absolute Gasteiger partial charge is 0.338 e. The number of hydrogen-bond donors (Lipinski definition) is 1. The summed E-state index contributed by atoms with van der Waals surface area (Å²) >= 11 is 0. The van der Waals surface area contributed by atoms with Gasteiger partial charge in [0.15, 0.2) is 0 Å². The van der Waals surface area contributed by atoms with E-state index in [2.05, 4.69) is 10.3 Å². The minimum Gasteiger partial charge on any atom is -0.338 e. The summed E-state index contributed by atoms with van der Waals surface area (Å²) in [7, 11) is 1.57. The molecule has 1 atom stereocenters. The van der Waals surface area contributed by atoms with Gasteiger partial charge in [-0.2, -0.15) is 8.78 Å². The molecule has 1 N–H and O–H groups in total. The summed E-state index contributed by atoms with van der Waals surface area (Å²) in [5.41, 5.74) is 0.692. The van der Waals surface area contributed by atoms with E-state index in [9.17, 15) is 18.4 Å². The number of amides is 3. The van der Waals surface area contributed by atoms with Crippen molar-refractivity contribution in [1.29, 1.82) is 0 Å². The van der Waals surface area contributed by atoms with Gasteiger partial charge < -0.3 is 15.1 Å². The van der Waals surface area contributed by atoms with Crippen LogP contribution in [0.15, 0.2) is 42.7 Å². The van der Waals surface area contributed by atoms with Gasteiger partial charge in [0.1, 0.15) is 5.82 Å². The van der Waals surface area contributed by atoms with Gasteiger partial charge in [0, 0.05) is 38.2 Å². The van der Waals surface area contributed by atoms with Crippen LogP contribution in [0.25, 0.3) is 0 Å². The van der Waals surface area contributed by atoms with Crippen molar-refractivity contribution in [2.24, 2.45) is 5.92 Å². The van der Waals surface area contributed by atoms with Gasteiger partial charge in [-0.3, -0.25) is 9.36 Å². The molecule has 0 saturated carbocycles. The van der Waals surface area contributed by atoms with Crippen molar-refractivity contribution in [2.45, 2.75) is 25.9 Å². The molecule has 1 aromatic carbocycles. The maximum atomic E-state index is 13.0. The molecule has 1 aliphatic rings. The predicted octanol–water partition coefficient (Wildman–Crippen LogP) is 3.18. The first-order valence-electron chi connectivity index (χ1n) is 9.11. The first-order chi connectivity index (χ1) is 13.5. The highest BCUT2D eigenvalue weighted by molar-refractivity contribution is 5.90. The SMILES string of the molecule is CN(Cc1nccn1C(F)F)C(=O)C1CCCN(C(=O)Nc2ccccc2)C1. The van der Waals surface area contributed by atoms with Crippen molar-refractivity contribution in [3.8, 4) is 0 Å². The number of aromatic nitrogens is 2. The van der Waals surface area contributed by atoms with Gasteiger partial charge in [0.2, 0.25) is 5.91 Å². The third-order valence-electron chi connectivity index (χ3n) is 4.80. The Bertz CT molecular complexity index is 812. The van der Waals surface area contributed by atoms with Crippen LogP contribution in [0.5, 0.6) is 0 Å². The van der Waals surface area contributed by atoms with Crippen molar-refractivity contribution >= 4 is 17.6 Å². The normalized spacial score (nSPS) is 16.9. The highest BCUT2D eigenvalue weighted by atomic mass is 19.3. The number of carbonyl (C=O) groups is 2. The molecule has 0 spiro atoms. The third-order valence-corrected chi connectivity index (χ3v) is 4.80. The van der Waals surface area contributed by atoms with Crippen molar-refractivity contribution in [2.75, 3.05) is 25.5 Å². The quantitative estimate of drug-likeness (QED) is 0.851. The summed E-state index contributed by atoms with van der Waals surface area (Å²) in [6, 6.07) is 8.86. The molecule has 9 heteroatoms. The van der Waals surface area contributed by atoms with E-state index in [1.807, 2.05) is 18.2 Å². The molecule has 1 fully saturated rings. The fourth-order valence-electron chi connectivity index (χ4n) is 3.33. The number of hydrogen-bond acceptors (Lipinski definition) is 3. The lowest BCUT2D eigenvalue weighted by Crippen LogP contribution is -2.47. The second-order valence-electron chi connectivity index (χ2n) is 6.80. The van der Waals surface area contributed by atoms with Gasteiger partial charge >= 0.3 is 12.6 Å². The Hall–Kier alpha value is -2.97. The van der Waals surface area contributed by atoms with E-state index in [4.69, 9.17) is 0 Å². The number of nitrogens with one attached hydrogen (secondary N) is 1. The molecule has 1 unspecified atom stereocenters. The van der Waals surface area contributed by atoms with E-state index in [1.165, 1.54) is 17.3 Å². The predicted molar refractivity (Wildman–Crippen MR) is 99.7 cm³/mol. The molecule has 0 aliphatic carbocycles. The van der Waals surface area contributed by atoms with Crippen LogP contribution in [-0.2, 0) is 11.3 Å². The second-order valence-corrected chi connectivity index (χ2v) is 6.80. The molecule has 2 heterocycles. The van der Waals surface area contributed by atoms with Crippen molar-refractivity contribution in [1.82, 2.24) is 19.4 Å². The average Bonchev–Trinajstić information content (AvgIpc) is 3.16. The monoisotopic (exact) mass is 391 g/mol. The number of anilines is 1. The van der Waals surface area contributed by atoms with Crippen LogP contribution >= 0.6 is 0 Å². The van der Waals surface area contributed by atoms with E-state index in [0.717, 1.165) is 4.57 Å². The molecule has 3 amide bonds. The number of alkyl halides is 2. The lowest BCUT2D eigenvalue weighted by molar-refractivity contribution is -0.136. The highest BCUT2D eigenvalue weighted by Gasteiger charge is 2.30. The number of piperidine rings is 1. The number of rotatable bonds is 5. The zero-order valence-corrected chi connectivity index (χ0v) is 15.6. The Morgan fingerprint density at radius 3 is 2.79 bits per heavy atom. The zero-order valence-electron chi connectivity index (χ0n) is 15.6. The van der Waals surface area contributed by atoms with Gasteiger partial charge in [-0.25, -0.2) is 9.78 Å². The lowest BCUT2D eigenvalue weighted by atomic mass is 9.97. The molecule has 7 nitrogen and oxygen atoms in total. The summed E-state index contributed by atoms with van der Waals surface area (Å²) in [6.45, 7) is -1.84. The van der Waals surface area contributed by atoms with Gasteiger partial charge in [-0.05, 0) is 25.0 Å². The smallest absolute Gasteiger partial charge is 0.321 e. The fourth-order valence-corrected chi connectivity index (χ4v) is 3.33. The van der Waals surface area contributed by atoms with Gasteiger partial charge in [0.25, 0.3) is 0 Å². The molecule has 150 valence electrons. The Morgan fingerprint density at radius 2 is 2.07 bits per heavy atom. The highest BCUT2D eigenvalue weighted by Crippen LogP contribution is 2.21. The number of nitrogens with zero attached hydrogens (tertiary/aromatic N) is 4. The minimum absolute atomic E-state index is 0.0110. The first kappa shape index (κ1) is 19.8. The molecule has 3 rings (SSSR count).